The number of halogens is 6. The van der Waals surface area contributed by atoms with Gasteiger partial charge in [-0.05, 0) is 48.2 Å². The Hall–Kier alpha value is -3.58. The molecule has 1 aliphatic heterocycles. The predicted molar refractivity (Wildman–Crippen MR) is 162 cm³/mol. The number of carbonyl (C=O) groups excluding carboxylic acids is 2. The van der Waals surface area contributed by atoms with Crippen molar-refractivity contribution < 1.29 is 35.9 Å². The van der Waals surface area contributed by atoms with Gasteiger partial charge in [0.2, 0.25) is 11.8 Å². The minimum atomic E-state index is -5.01. The zero-order valence-electron chi connectivity index (χ0n) is 25.6. The Labute approximate surface area is 263 Å². The minimum Gasteiger partial charge on any atom is -0.361 e. The van der Waals surface area contributed by atoms with E-state index in [1.54, 1.807) is 13.1 Å². The highest BCUT2D eigenvalue weighted by atomic mass is 19.4. The molecule has 2 amide bonds. The van der Waals surface area contributed by atoms with Crippen LogP contribution in [0.2, 0.25) is 0 Å². The molecule has 1 aromatic heterocycles. The lowest BCUT2D eigenvalue weighted by Gasteiger charge is -2.40. The van der Waals surface area contributed by atoms with Gasteiger partial charge in [-0.15, -0.1) is 0 Å². The Balaban J connectivity index is 1.30. The van der Waals surface area contributed by atoms with Gasteiger partial charge in [-0.3, -0.25) is 19.4 Å². The highest BCUT2D eigenvalue weighted by Gasteiger charge is 2.37. The van der Waals surface area contributed by atoms with Gasteiger partial charge in [-0.2, -0.15) is 26.3 Å². The van der Waals surface area contributed by atoms with E-state index in [1.807, 2.05) is 29.2 Å². The Bertz CT molecular complexity index is 1470. The number of aromatic nitrogens is 1. The number of fused-ring (bicyclic) bond motifs is 1. The van der Waals surface area contributed by atoms with Crippen molar-refractivity contribution in [3.63, 3.8) is 0 Å². The van der Waals surface area contributed by atoms with Gasteiger partial charge in [-0.1, -0.05) is 44.4 Å². The van der Waals surface area contributed by atoms with Crippen LogP contribution in [-0.4, -0.2) is 71.4 Å². The van der Waals surface area contributed by atoms with Gasteiger partial charge in [0.1, 0.15) is 6.04 Å². The number of para-hydroxylation sites is 1. The molecule has 0 bridgehead atoms. The molecule has 0 spiro atoms. The number of nitrogens with zero attached hydrogens (tertiary/aromatic N) is 2. The fraction of sp³-hybridized carbons (Fsp3) is 0.515. The number of H-pyrrole nitrogens is 1. The summed E-state index contributed by atoms with van der Waals surface area (Å²) in [6.45, 7) is 4.32. The average molecular weight is 652 g/mol. The van der Waals surface area contributed by atoms with Crippen LogP contribution in [0.5, 0.6) is 0 Å². The molecule has 2 aliphatic rings. The van der Waals surface area contributed by atoms with E-state index >= 15 is 0 Å². The van der Waals surface area contributed by atoms with Crippen molar-refractivity contribution in [3.8, 4) is 0 Å². The predicted octanol–water partition coefficient (Wildman–Crippen LogP) is 6.06. The Kier molecular flexibility index (Phi) is 10.3. The smallest absolute Gasteiger partial charge is 0.361 e. The van der Waals surface area contributed by atoms with Gasteiger partial charge in [0.05, 0.1) is 17.7 Å². The monoisotopic (exact) mass is 651 g/mol. The molecule has 1 aliphatic carbocycles. The average Bonchev–Trinajstić information content (AvgIpc) is 3.46. The summed E-state index contributed by atoms with van der Waals surface area (Å²) in [6.07, 6.45) is -2.15. The van der Waals surface area contributed by atoms with E-state index in [0.29, 0.717) is 31.3 Å². The number of benzene rings is 2. The van der Waals surface area contributed by atoms with Crippen LogP contribution in [0.15, 0.2) is 48.7 Å². The number of hydrogen-bond acceptors (Lipinski definition) is 4. The lowest BCUT2D eigenvalue weighted by Crippen LogP contribution is -2.55. The van der Waals surface area contributed by atoms with Crippen molar-refractivity contribution in [2.45, 2.75) is 75.9 Å². The van der Waals surface area contributed by atoms with E-state index in [4.69, 9.17) is 0 Å². The van der Waals surface area contributed by atoms with Crippen LogP contribution in [0.4, 0.5) is 26.3 Å². The van der Waals surface area contributed by atoms with Crippen molar-refractivity contribution in [3.05, 3.63) is 70.9 Å². The maximum Gasteiger partial charge on any atom is 0.416 e. The van der Waals surface area contributed by atoms with Crippen molar-refractivity contribution in [1.82, 2.24) is 25.4 Å². The summed E-state index contributed by atoms with van der Waals surface area (Å²) in [7, 11) is 0. The van der Waals surface area contributed by atoms with Gasteiger partial charge in [0.15, 0.2) is 0 Å². The molecule has 46 heavy (non-hydrogen) atoms. The SMILES string of the molecule is CC(c1c[nH]c2ccccc12)C(NC(=O)CN1CCN(C2CCCCC2)CC1)C(=O)NCc1cc(C(F)(F)F)cc(C(F)(F)F)c1. The molecular weight excluding hydrogens is 612 g/mol. The van der Waals surface area contributed by atoms with E-state index in [9.17, 15) is 35.9 Å². The summed E-state index contributed by atoms with van der Waals surface area (Å²) in [6, 6.07) is 8.04. The molecule has 1 saturated carbocycles. The van der Waals surface area contributed by atoms with Gasteiger partial charge in [0.25, 0.3) is 0 Å². The highest BCUT2D eigenvalue weighted by Crippen LogP contribution is 2.36. The number of amides is 2. The van der Waals surface area contributed by atoms with Crippen LogP contribution in [0.3, 0.4) is 0 Å². The summed E-state index contributed by atoms with van der Waals surface area (Å²) in [5.41, 5.74) is -1.75. The molecule has 5 rings (SSSR count). The van der Waals surface area contributed by atoms with Crippen molar-refractivity contribution in [2.24, 2.45) is 0 Å². The number of rotatable bonds is 9. The lowest BCUT2D eigenvalue weighted by molar-refractivity contribution is -0.143. The molecular formula is C33H39F6N5O2. The molecule has 2 heterocycles. The largest absolute Gasteiger partial charge is 0.416 e. The first-order valence-corrected chi connectivity index (χ1v) is 15.7. The van der Waals surface area contributed by atoms with Gasteiger partial charge >= 0.3 is 12.4 Å². The van der Waals surface area contributed by atoms with Crippen molar-refractivity contribution in [1.29, 1.82) is 0 Å². The molecule has 2 unspecified atom stereocenters. The van der Waals surface area contributed by atoms with E-state index in [1.165, 1.54) is 32.1 Å². The first-order valence-electron chi connectivity index (χ1n) is 15.7. The summed E-state index contributed by atoms with van der Waals surface area (Å²) >= 11 is 0. The van der Waals surface area contributed by atoms with Crippen LogP contribution in [0.25, 0.3) is 10.9 Å². The van der Waals surface area contributed by atoms with Crippen LogP contribution < -0.4 is 10.6 Å². The van der Waals surface area contributed by atoms with Crippen LogP contribution in [0, 0.1) is 0 Å². The summed E-state index contributed by atoms with van der Waals surface area (Å²) < 4.78 is 80.4. The molecule has 7 nitrogen and oxygen atoms in total. The minimum absolute atomic E-state index is 0.0441. The maximum absolute atomic E-state index is 13.6. The number of nitrogens with one attached hydrogen (secondary N) is 3. The fourth-order valence-corrected chi connectivity index (χ4v) is 6.64. The third-order valence-electron chi connectivity index (χ3n) is 9.19. The summed E-state index contributed by atoms with van der Waals surface area (Å²) in [5.74, 6) is -1.70. The molecule has 1 saturated heterocycles. The van der Waals surface area contributed by atoms with Crippen molar-refractivity contribution >= 4 is 22.7 Å². The molecule has 2 aromatic carbocycles. The van der Waals surface area contributed by atoms with Crippen LogP contribution >= 0.6 is 0 Å². The second-order valence-electron chi connectivity index (χ2n) is 12.4. The molecule has 0 radical (unpaired) electrons. The second-order valence-corrected chi connectivity index (χ2v) is 12.4. The van der Waals surface area contributed by atoms with Gasteiger partial charge in [0, 0.05) is 61.8 Å². The van der Waals surface area contributed by atoms with Crippen LogP contribution in [0.1, 0.15) is 67.2 Å². The molecule has 2 atom stereocenters. The Morgan fingerprint density at radius 2 is 1.54 bits per heavy atom. The third-order valence-corrected chi connectivity index (χ3v) is 9.19. The standard InChI is InChI=1S/C33H39F6N5O2/c1-21(27-19-40-28-10-6-5-9-26(27)28)30(42-29(45)20-43-11-13-44(14-12-43)25-7-3-2-4-8-25)31(46)41-18-22-15-23(32(34,35)36)17-24(16-22)33(37,38)39/h5-6,9-10,15-17,19,21,25,30,40H,2-4,7-8,11-14,18,20H2,1H3,(H,41,46)(H,42,45). The Morgan fingerprint density at radius 3 is 2.17 bits per heavy atom. The van der Waals surface area contributed by atoms with Gasteiger partial charge < -0.3 is 15.6 Å². The number of piperazine rings is 1. The summed E-state index contributed by atoms with van der Waals surface area (Å²) in [4.78, 5) is 34.6. The van der Waals surface area contributed by atoms with E-state index in [-0.39, 0.29) is 18.2 Å². The maximum atomic E-state index is 13.6. The Morgan fingerprint density at radius 1 is 0.913 bits per heavy atom. The highest BCUT2D eigenvalue weighted by molar-refractivity contribution is 5.91. The van der Waals surface area contributed by atoms with E-state index < -0.39 is 53.8 Å². The molecule has 3 N–H and O–H groups in total. The second kappa shape index (κ2) is 14.0. The molecule has 2 fully saturated rings. The van der Waals surface area contributed by atoms with E-state index in [0.717, 1.165) is 29.6 Å². The molecule has 3 aromatic rings. The summed E-state index contributed by atoms with van der Waals surface area (Å²) in [5, 5.41) is 6.13. The van der Waals surface area contributed by atoms with Gasteiger partial charge in [-0.25, -0.2) is 0 Å². The third kappa shape index (κ3) is 8.22. The first kappa shape index (κ1) is 33.8. The quantitative estimate of drug-likeness (QED) is 0.246. The topological polar surface area (TPSA) is 80.5 Å². The normalized spacial score (nSPS) is 18.8. The first-order chi connectivity index (χ1) is 21.8. The van der Waals surface area contributed by atoms with E-state index in [2.05, 4.69) is 20.5 Å². The lowest BCUT2D eigenvalue weighted by atomic mass is 9.92. The number of aromatic amines is 1. The number of carbonyl (C=O) groups is 2. The molecule has 13 heteroatoms. The zero-order chi connectivity index (χ0) is 33.1. The number of hydrogen-bond donors (Lipinski definition) is 3. The van der Waals surface area contributed by atoms with Crippen LogP contribution in [-0.2, 0) is 28.5 Å². The zero-order valence-corrected chi connectivity index (χ0v) is 25.6. The number of alkyl halides is 6. The molecule has 250 valence electrons. The fourth-order valence-electron chi connectivity index (χ4n) is 6.64. The van der Waals surface area contributed by atoms with Crippen molar-refractivity contribution in [2.75, 3.05) is 32.7 Å².